The van der Waals surface area contributed by atoms with Crippen LogP contribution < -0.4 is 9.64 Å². The van der Waals surface area contributed by atoms with Crippen LogP contribution in [0.4, 0.5) is 5.69 Å². The molecule has 1 fully saturated rings. The Morgan fingerprint density at radius 1 is 1.32 bits per heavy atom. The van der Waals surface area contributed by atoms with Gasteiger partial charge in [0.2, 0.25) is 0 Å². The summed E-state index contributed by atoms with van der Waals surface area (Å²) in [4.78, 5) is 2.39. The van der Waals surface area contributed by atoms with Crippen molar-refractivity contribution in [3.63, 3.8) is 0 Å². The van der Waals surface area contributed by atoms with Crippen molar-refractivity contribution in [2.75, 3.05) is 18.6 Å². The summed E-state index contributed by atoms with van der Waals surface area (Å²) in [5.74, 6) is 1.59. The number of aliphatic hydroxyl groups excluding tert-OH is 1. The van der Waals surface area contributed by atoms with Crippen molar-refractivity contribution in [1.29, 1.82) is 0 Å². The molecule has 0 saturated heterocycles. The van der Waals surface area contributed by atoms with Gasteiger partial charge in [-0.15, -0.1) is 0 Å². The number of nitrogens with zero attached hydrogens (tertiary/aromatic N) is 1. The van der Waals surface area contributed by atoms with Crippen molar-refractivity contribution < 1.29 is 9.84 Å². The molecule has 1 aliphatic rings. The Hall–Kier alpha value is -1.22. The van der Waals surface area contributed by atoms with Gasteiger partial charge in [-0.25, -0.2) is 0 Å². The molecule has 1 saturated carbocycles. The van der Waals surface area contributed by atoms with Gasteiger partial charge < -0.3 is 14.7 Å². The highest BCUT2D eigenvalue weighted by Gasteiger charge is 2.28. The van der Waals surface area contributed by atoms with Crippen LogP contribution in [0.3, 0.4) is 0 Å². The minimum absolute atomic E-state index is 0.421. The molecule has 0 aromatic heterocycles. The maximum Gasteiger partial charge on any atom is 0.126 e. The molecule has 1 aromatic rings. The van der Waals surface area contributed by atoms with Crippen molar-refractivity contribution >= 4 is 5.69 Å². The molecule has 0 unspecified atom stereocenters. The van der Waals surface area contributed by atoms with Gasteiger partial charge in [0.05, 0.1) is 13.2 Å². The highest BCUT2D eigenvalue weighted by Crippen LogP contribution is 2.38. The van der Waals surface area contributed by atoms with Gasteiger partial charge in [0, 0.05) is 23.8 Å². The number of methoxy groups -OCH3 is 1. The van der Waals surface area contributed by atoms with Crippen molar-refractivity contribution in [2.45, 2.75) is 45.8 Å². The Morgan fingerprint density at radius 2 is 2.00 bits per heavy atom. The fourth-order valence-electron chi connectivity index (χ4n) is 2.55. The fourth-order valence-corrected chi connectivity index (χ4v) is 2.55. The molecule has 1 aliphatic carbocycles. The molecule has 0 radical (unpaired) electrons. The third-order valence-corrected chi connectivity index (χ3v) is 3.77. The second kappa shape index (κ2) is 5.83. The summed E-state index contributed by atoms with van der Waals surface area (Å²) in [5, 5.41) is 10.1. The normalized spacial score (nSPS) is 16.5. The summed E-state index contributed by atoms with van der Waals surface area (Å²) in [6.07, 6.45) is 2.14. The number of hydrogen-bond donors (Lipinski definition) is 1. The third kappa shape index (κ3) is 3.21. The van der Waals surface area contributed by atoms with Crippen LogP contribution in [0, 0.1) is 5.92 Å². The van der Waals surface area contributed by atoms with E-state index >= 15 is 0 Å². The topological polar surface area (TPSA) is 32.7 Å². The van der Waals surface area contributed by atoms with E-state index in [1.165, 1.54) is 12.8 Å². The predicted octanol–water partition coefficient (Wildman–Crippen LogP) is 3.37. The van der Waals surface area contributed by atoms with Crippen LogP contribution in [-0.4, -0.2) is 24.8 Å². The zero-order valence-corrected chi connectivity index (χ0v) is 12.4. The quantitative estimate of drug-likeness (QED) is 0.854. The molecule has 3 nitrogen and oxygen atoms in total. The molecule has 106 valence electrons. The second-order valence-corrected chi connectivity index (χ2v) is 5.76. The second-order valence-electron chi connectivity index (χ2n) is 5.76. The van der Waals surface area contributed by atoms with E-state index in [4.69, 9.17) is 4.74 Å². The summed E-state index contributed by atoms with van der Waals surface area (Å²) in [6, 6.07) is 6.43. The molecule has 1 aromatic carbocycles. The maximum atomic E-state index is 10.1. The number of ether oxygens (including phenoxy) is 1. The lowest BCUT2D eigenvalue weighted by Gasteiger charge is -2.32. The Bertz CT molecular complexity index is 425. The first-order valence-corrected chi connectivity index (χ1v) is 7.16. The lowest BCUT2D eigenvalue weighted by atomic mass is 10.0. The van der Waals surface area contributed by atoms with Crippen LogP contribution >= 0.6 is 0 Å². The van der Waals surface area contributed by atoms with Crippen LogP contribution in [-0.2, 0) is 0 Å². The molecule has 19 heavy (non-hydrogen) atoms. The highest BCUT2D eigenvalue weighted by molar-refractivity contribution is 5.61. The fraction of sp³-hybridized carbons (Fsp3) is 0.625. The zero-order chi connectivity index (χ0) is 14.0. The molecular weight excluding hydrogens is 238 g/mol. The molecule has 1 atom stereocenters. The van der Waals surface area contributed by atoms with Gasteiger partial charge in [0.1, 0.15) is 5.75 Å². The van der Waals surface area contributed by atoms with Gasteiger partial charge in [-0.05, 0) is 51.7 Å². The summed E-state index contributed by atoms with van der Waals surface area (Å²) in [6.45, 7) is 7.28. The average Bonchev–Trinajstić information content (AvgIpc) is 3.18. The van der Waals surface area contributed by atoms with E-state index in [0.717, 1.165) is 29.5 Å². The molecule has 0 spiro atoms. The maximum absolute atomic E-state index is 10.1. The minimum atomic E-state index is -0.522. The van der Waals surface area contributed by atoms with Gasteiger partial charge in [0.15, 0.2) is 0 Å². The van der Waals surface area contributed by atoms with Crippen LogP contribution in [0.2, 0.25) is 0 Å². The highest BCUT2D eigenvalue weighted by atomic mass is 16.5. The van der Waals surface area contributed by atoms with Crippen LogP contribution in [0.1, 0.15) is 45.3 Å². The van der Waals surface area contributed by atoms with E-state index in [1.54, 1.807) is 14.0 Å². The summed E-state index contributed by atoms with van der Waals surface area (Å²) >= 11 is 0. The molecule has 0 bridgehead atoms. The smallest absolute Gasteiger partial charge is 0.126 e. The van der Waals surface area contributed by atoms with Gasteiger partial charge in [0.25, 0.3) is 0 Å². The van der Waals surface area contributed by atoms with Crippen molar-refractivity contribution in [3.05, 3.63) is 23.8 Å². The first kappa shape index (κ1) is 14.2. The zero-order valence-electron chi connectivity index (χ0n) is 12.4. The minimum Gasteiger partial charge on any atom is -0.496 e. The number of benzene rings is 1. The molecule has 1 N–H and O–H groups in total. The Labute approximate surface area is 116 Å². The SMILES string of the molecule is COc1cccc(N(CC2CC2)C(C)C)c1[C@@H](C)O. The van der Waals surface area contributed by atoms with Crippen LogP contribution in [0.25, 0.3) is 0 Å². The molecule has 0 aliphatic heterocycles. The van der Waals surface area contributed by atoms with Crippen molar-refractivity contribution in [2.24, 2.45) is 5.92 Å². The molecular formula is C16H25NO2. The average molecular weight is 263 g/mol. The summed E-state index contributed by atoms with van der Waals surface area (Å²) < 4.78 is 5.41. The lowest BCUT2D eigenvalue weighted by molar-refractivity contribution is 0.194. The third-order valence-electron chi connectivity index (χ3n) is 3.77. The lowest BCUT2D eigenvalue weighted by Crippen LogP contribution is -2.33. The monoisotopic (exact) mass is 263 g/mol. The molecule has 0 heterocycles. The van der Waals surface area contributed by atoms with Gasteiger partial charge in [-0.1, -0.05) is 6.07 Å². The number of hydrogen-bond acceptors (Lipinski definition) is 3. The van der Waals surface area contributed by atoms with Gasteiger partial charge >= 0.3 is 0 Å². The first-order valence-electron chi connectivity index (χ1n) is 7.16. The number of rotatable bonds is 6. The number of anilines is 1. The molecule has 2 rings (SSSR count). The van der Waals surface area contributed by atoms with E-state index in [2.05, 4.69) is 24.8 Å². The summed E-state index contributed by atoms with van der Waals surface area (Å²) in [7, 11) is 1.66. The summed E-state index contributed by atoms with van der Waals surface area (Å²) in [5.41, 5.74) is 2.01. The molecule has 3 heteroatoms. The van der Waals surface area contributed by atoms with Gasteiger partial charge in [-0.2, -0.15) is 0 Å². The van der Waals surface area contributed by atoms with Crippen molar-refractivity contribution in [1.82, 2.24) is 0 Å². The van der Waals surface area contributed by atoms with E-state index in [1.807, 2.05) is 12.1 Å². The Kier molecular flexibility index (Phi) is 4.35. The first-order chi connectivity index (χ1) is 9.04. The Morgan fingerprint density at radius 3 is 2.47 bits per heavy atom. The van der Waals surface area contributed by atoms with E-state index in [0.29, 0.717) is 6.04 Å². The largest absolute Gasteiger partial charge is 0.496 e. The predicted molar refractivity (Wildman–Crippen MR) is 78.8 cm³/mol. The number of aliphatic hydroxyl groups is 1. The van der Waals surface area contributed by atoms with E-state index < -0.39 is 6.10 Å². The molecule has 0 amide bonds. The van der Waals surface area contributed by atoms with E-state index in [9.17, 15) is 5.11 Å². The standard InChI is InChI=1S/C16H25NO2/c1-11(2)17(10-13-8-9-13)14-6-5-7-15(19-4)16(14)12(3)18/h5-7,11-13,18H,8-10H2,1-4H3/t12-/m1/s1. The van der Waals surface area contributed by atoms with Crippen LogP contribution in [0.5, 0.6) is 5.75 Å². The van der Waals surface area contributed by atoms with Crippen LogP contribution in [0.15, 0.2) is 18.2 Å². The Balaban J connectivity index is 2.39. The van der Waals surface area contributed by atoms with E-state index in [-0.39, 0.29) is 0 Å². The van der Waals surface area contributed by atoms with Gasteiger partial charge in [-0.3, -0.25) is 0 Å². The van der Waals surface area contributed by atoms with Crippen molar-refractivity contribution in [3.8, 4) is 5.75 Å².